The molecule has 1 saturated heterocycles. The van der Waals surface area contributed by atoms with E-state index in [1.807, 2.05) is 35.2 Å². The van der Waals surface area contributed by atoms with E-state index in [0.29, 0.717) is 26.1 Å². The van der Waals surface area contributed by atoms with Gasteiger partial charge in [-0.3, -0.25) is 4.79 Å². The SMILES string of the molecule is CCc1ccc(OCCC(=O)N2CCN(c3nc4ccc(Cl)cc4s3)CC2)cc1. The molecule has 152 valence electrons. The molecule has 0 spiro atoms. The molecule has 29 heavy (non-hydrogen) atoms. The lowest BCUT2D eigenvalue weighted by Gasteiger charge is -2.34. The molecule has 0 saturated carbocycles. The number of amides is 1. The smallest absolute Gasteiger partial charge is 0.226 e. The molecule has 3 aromatic rings. The molecule has 0 unspecified atom stereocenters. The topological polar surface area (TPSA) is 45.7 Å². The summed E-state index contributed by atoms with van der Waals surface area (Å²) in [7, 11) is 0. The number of hydrogen-bond donors (Lipinski definition) is 0. The second-order valence-corrected chi connectivity index (χ2v) is 8.52. The quantitative estimate of drug-likeness (QED) is 0.573. The van der Waals surface area contributed by atoms with E-state index in [2.05, 4.69) is 24.0 Å². The van der Waals surface area contributed by atoms with Crippen LogP contribution in [-0.4, -0.2) is 48.6 Å². The van der Waals surface area contributed by atoms with Gasteiger partial charge in [-0.1, -0.05) is 42.0 Å². The predicted molar refractivity (Wildman–Crippen MR) is 119 cm³/mol. The summed E-state index contributed by atoms with van der Waals surface area (Å²) in [6.07, 6.45) is 1.41. The Morgan fingerprint density at radius 2 is 1.90 bits per heavy atom. The number of hydrogen-bond acceptors (Lipinski definition) is 5. The average molecular weight is 430 g/mol. The highest BCUT2D eigenvalue weighted by Gasteiger charge is 2.23. The zero-order valence-corrected chi connectivity index (χ0v) is 18.0. The van der Waals surface area contributed by atoms with Crippen LogP contribution in [0, 0.1) is 0 Å². The van der Waals surface area contributed by atoms with Crippen molar-refractivity contribution in [3.05, 3.63) is 53.1 Å². The minimum atomic E-state index is 0.144. The summed E-state index contributed by atoms with van der Waals surface area (Å²) in [5, 5.41) is 1.72. The maximum atomic E-state index is 12.5. The van der Waals surface area contributed by atoms with E-state index in [0.717, 1.165) is 45.6 Å². The van der Waals surface area contributed by atoms with Gasteiger partial charge in [-0.25, -0.2) is 4.98 Å². The molecule has 7 heteroatoms. The molecule has 0 N–H and O–H groups in total. The number of halogens is 1. The minimum absolute atomic E-state index is 0.144. The Kier molecular flexibility index (Phi) is 6.21. The van der Waals surface area contributed by atoms with Gasteiger partial charge in [0, 0.05) is 31.2 Å². The highest BCUT2D eigenvalue weighted by Crippen LogP contribution is 2.31. The van der Waals surface area contributed by atoms with Crippen LogP contribution >= 0.6 is 22.9 Å². The van der Waals surface area contributed by atoms with Crippen LogP contribution in [0.15, 0.2) is 42.5 Å². The monoisotopic (exact) mass is 429 g/mol. The van der Waals surface area contributed by atoms with E-state index in [-0.39, 0.29) is 5.91 Å². The van der Waals surface area contributed by atoms with Gasteiger partial charge in [0.25, 0.3) is 0 Å². The second kappa shape index (κ2) is 9.01. The van der Waals surface area contributed by atoms with Gasteiger partial charge in [0.05, 0.1) is 23.2 Å². The molecular formula is C22H24ClN3O2S. The fraction of sp³-hybridized carbons (Fsp3) is 0.364. The number of carbonyl (C=O) groups excluding carboxylic acids is 1. The van der Waals surface area contributed by atoms with Crippen LogP contribution in [0.4, 0.5) is 5.13 Å². The highest BCUT2D eigenvalue weighted by atomic mass is 35.5. The van der Waals surface area contributed by atoms with Gasteiger partial charge in [0.2, 0.25) is 5.91 Å². The molecule has 1 amide bonds. The Morgan fingerprint density at radius 1 is 1.14 bits per heavy atom. The Hall–Kier alpha value is -2.31. The molecule has 0 aliphatic carbocycles. The van der Waals surface area contributed by atoms with E-state index >= 15 is 0 Å². The van der Waals surface area contributed by atoms with Crippen molar-refractivity contribution in [2.24, 2.45) is 0 Å². The number of ether oxygens (including phenoxy) is 1. The zero-order valence-electron chi connectivity index (χ0n) is 16.4. The summed E-state index contributed by atoms with van der Waals surface area (Å²) < 4.78 is 6.82. The van der Waals surface area contributed by atoms with Crippen LogP contribution in [0.5, 0.6) is 5.75 Å². The second-order valence-electron chi connectivity index (χ2n) is 7.07. The predicted octanol–water partition coefficient (Wildman–Crippen LogP) is 4.63. The van der Waals surface area contributed by atoms with Crippen molar-refractivity contribution in [3.8, 4) is 5.75 Å². The number of benzene rings is 2. The number of fused-ring (bicyclic) bond motifs is 1. The number of carbonyl (C=O) groups is 1. The maximum Gasteiger partial charge on any atom is 0.226 e. The van der Waals surface area contributed by atoms with Gasteiger partial charge in [-0.05, 0) is 42.3 Å². The van der Waals surface area contributed by atoms with Gasteiger partial charge in [0.1, 0.15) is 5.75 Å². The van der Waals surface area contributed by atoms with Gasteiger partial charge < -0.3 is 14.5 Å². The third-order valence-electron chi connectivity index (χ3n) is 5.16. The Balaban J connectivity index is 1.25. The Bertz CT molecular complexity index is 981. The molecule has 1 aliphatic rings. The third-order valence-corrected chi connectivity index (χ3v) is 6.47. The highest BCUT2D eigenvalue weighted by molar-refractivity contribution is 7.22. The van der Waals surface area contributed by atoms with Crippen molar-refractivity contribution in [3.63, 3.8) is 0 Å². The summed E-state index contributed by atoms with van der Waals surface area (Å²) in [6, 6.07) is 13.8. The van der Waals surface area contributed by atoms with Gasteiger partial charge in [0.15, 0.2) is 5.13 Å². The van der Waals surface area contributed by atoms with E-state index in [1.165, 1.54) is 5.56 Å². The normalized spacial score (nSPS) is 14.4. The summed E-state index contributed by atoms with van der Waals surface area (Å²) in [4.78, 5) is 21.4. The van der Waals surface area contributed by atoms with Crippen LogP contribution in [0.3, 0.4) is 0 Å². The molecule has 5 nitrogen and oxygen atoms in total. The first-order chi connectivity index (χ1) is 14.1. The first-order valence-corrected chi connectivity index (χ1v) is 11.1. The first-order valence-electron chi connectivity index (χ1n) is 9.93. The largest absolute Gasteiger partial charge is 0.493 e. The Morgan fingerprint density at radius 3 is 2.62 bits per heavy atom. The number of piperazine rings is 1. The van der Waals surface area contributed by atoms with Crippen molar-refractivity contribution >= 4 is 44.2 Å². The summed E-state index contributed by atoms with van der Waals surface area (Å²) >= 11 is 7.72. The minimum Gasteiger partial charge on any atom is -0.493 e. The maximum absolute atomic E-state index is 12.5. The van der Waals surface area contributed by atoms with Crippen molar-refractivity contribution in [2.75, 3.05) is 37.7 Å². The molecule has 1 aromatic heterocycles. The van der Waals surface area contributed by atoms with Crippen molar-refractivity contribution in [1.82, 2.24) is 9.88 Å². The van der Waals surface area contributed by atoms with Crippen LogP contribution in [0.1, 0.15) is 18.9 Å². The fourth-order valence-electron chi connectivity index (χ4n) is 3.40. The summed E-state index contributed by atoms with van der Waals surface area (Å²) in [5.41, 5.74) is 2.25. The van der Waals surface area contributed by atoms with E-state index in [4.69, 9.17) is 21.3 Å². The number of rotatable bonds is 6. The number of aryl methyl sites for hydroxylation is 1. The van der Waals surface area contributed by atoms with Gasteiger partial charge in [-0.2, -0.15) is 0 Å². The third kappa shape index (κ3) is 4.82. The van der Waals surface area contributed by atoms with Crippen molar-refractivity contribution in [1.29, 1.82) is 0 Å². The molecule has 0 atom stereocenters. The molecule has 2 aromatic carbocycles. The van der Waals surface area contributed by atoms with Crippen molar-refractivity contribution < 1.29 is 9.53 Å². The van der Waals surface area contributed by atoms with E-state index in [9.17, 15) is 4.79 Å². The van der Waals surface area contributed by atoms with Gasteiger partial charge in [-0.15, -0.1) is 0 Å². The lowest BCUT2D eigenvalue weighted by atomic mass is 10.2. The molecule has 4 rings (SSSR count). The molecule has 0 radical (unpaired) electrons. The number of thiazole rings is 1. The summed E-state index contributed by atoms with van der Waals surface area (Å²) in [5.74, 6) is 0.960. The lowest BCUT2D eigenvalue weighted by Crippen LogP contribution is -2.49. The van der Waals surface area contributed by atoms with Crippen LogP contribution in [0.2, 0.25) is 5.02 Å². The fourth-order valence-corrected chi connectivity index (χ4v) is 4.70. The van der Waals surface area contributed by atoms with Crippen LogP contribution in [-0.2, 0) is 11.2 Å². The van der Waals surface area contributed by atoms with Crippen LogP contribution < -0.4 is 9.64 Å². The van der Waals surface area contributed by atoms with E-state index in [1.54, 1.807) is 11.3 Å². The molecular weight excluding hydrogens is 406 g/mol. The standard InChI is InChI=1S/C22H24ClN3O2S/c1-2-16-3-6-18(7-4-16)28-14-9-21(27)25-10-12-26(13-11-25)22-24-19-8-5-17(23)15-20(19)29-22/h3-8,15H,2,9-14H2,1H3. The Labute approximate surface area is 179 Å². The lowest BCUT2D eigenvalue weighted by molar-refractivity contribution is -0.132. The molecule has 2 heterocycles. The zero-order chi connectivity index (χ0) is 20.2. The first kappa shape index (κ1) is 20.0. The molecule has 0 bridgehead atoms. The number of aromatic nitrogens is 1. The summed E-state index contributed by atoms with van der Waals surface area (Å²) in [6.45, 7) is 5.53. The van der Waals surface area contributed by atoms with Crippen molar-refractivity contribution in [2.45, 2.75) is 19.8 Å². The number of nitrogens with zero attached hydrogens (tertiary/aromatic N) is 3. The number of anilines is 1. The van der Waals surface area contributed by atoms with Crippen LogP contribution in [0.25, 0.3) is 10.2 Å². The van der Waals surface area contributed by atoms with Gasteiger partial charge >= 0.3 is 0 Å². The molecule has 1 fully saturated rings. The molecule has 1 aliphatic heterocycles. The average Bonchev–Trinajstić information content (AvgIpc) is 3.17. The van der Waals surface area contributed by atoms with E-state index < -0.39 is 0 Å².